The fourth-order valence-electron chi connectivity index (χ4n) is 2.05. The molecule has 0 saturated carbocycles. The molecule has 0 spiro atoms. The van der Waals surface area contributed by atoms with Gasteiger partial charge in [-0.05, 0) is 35.9 Å². The standard InChI is InChI=1S/C16H12Cl2N2O3S/c17-13-2-3-14(18)16(7-13)24(21,22)20-9-11-1-4-15(19-8-11)12-5-6-23-10-12/h1-8,10,20H,9H2. The number of halogens is 2. The van der Waals surface area contributed by atoms with E-state index in [1.807, 2.05) is 0 Å². The lowest BCUT2D eigenvalue weighted by Gasteiger charge is -2.09. The van der Waals surface area contributed by atoms with Gasteiger partial charge in [-0.2, -0.15) is 0 Å². The molecule has 1 aromatic carbocycles. The lowest BCUT2D eigenvalue weighted by molar-refractivity contribution is 0.568. The van der Waals surface area contributed by atoms with Gasteiger partial charge < -0.3 is 4.42 Å². The van der Waals surface area contributed by atoms with Gasteiger partial charge in [0.25, 0.3) is 0 Å². The molecule has 2 heterocycles. The molecule has 3 aromatic rings. The maximum Gasteiger partial charge on any atom is 0.242 e. The molecule has 0 aliphatic carbocycles. The minimum Gasteiger partial charge on any atom is -0.472 e. The van der Waals surface area contributed by atoms with E-state index in [1.165, 1.54) is 18.2 Å². The molecule has 0 aliphatic heterocycles. The number of sulfonamides is 1. The van der Waals surface area contributed by atoms with Gasteiger partial charge in [0.05, 0.1) is 23.2 Å². The van der Waals surface area contributed by atoms with E-state index in [9.17, 15) is 8.42 Å². The summed E-state index contributed by atoms with van der Waals surface area (Å²) >= 11 is 11.8. The van der Waals surface area contributed by atoms with Crippen LogP contribution in [-0.2, 0) is 16.6 Å². The number of hydrogen-bond donors (Lipinski definition) is 1. The van der Waals surface area contributed by atoms with Crippen LogP contribution in [0.5, 0.6) is 0 Å². The maximum atomic E-state index is 12.3. The molecule has 0 saturated heterocycles. The van der Waals surface area contributed by atoms with Crippen molar-refractivity contribution < 1.29 is 12.8 Å². The van der Waals surface area contributed by atoms with Crippen molar-refractivity contribution in [2.75, 3.05) is 0 Å². The molecule has 0 fully saturated rings. The van der Waals surface area contributed by atoms with Crippen molar-refractivity contribution in [1.82, 2.24) is 9.71 Å². The Bertz CT molecular complexity index is 940. The zero-order chi connectivity index (χ0) is 17.2. The predicted molar refractivity (Wildman–Crippen MR) is 92.4 cm³/mol. The van der Waals surface area contributed by atoms with E-state index in [2.05, 4.69) is 9.71 Å². The van der Waals surface area contributed by atoms with Gasteiger partial charge in [0, 0.05) is 23.3 Å². The molecule has 0 radical (unpaired) electrons. The van der Waals surface area contributed by atoms with E-state index in [1.54, 1.807) is 36.9 Å². The van der Waals surface area contributed by atoms with Crippen molar-refractivity contribution in [3.8, 4) is 11.3 Å². The van der Waals surface area contributed by atoms with Crippen molar-refractivity contribution in [3.05, 3.63) is 70.7 Å². The van der Waals surface area contributed by atoms with Crippen LogP contribution in [0.3, 0.4) is 0 Å². The van der Waals surface area contributed by atoms with Gasteiger partial charge in [0.1, 0.15) is 4.90 Å². The molecule has 0 aliphatic rings. The molecular weight excluding hydrogens is 371 g/mol. The average Bonchev–Trinajstić information content (AvgIpc) is 3.10. The van der Waals surface area contributed by atoms with Crippen LogP contribution in [0.1, 0.15) is 5.56 Å². The summed E-state index contributed by atoms with van der Waals surface area (Å²) in [6.45, 7) is 0.0871. The molecule has 2 aromatic heterocycles. The van der Waals surface area contributed by atoms with E-state index in [0.717, 1.165) is 11.3 Å². The molecule has 8 heteroatoms. The highest BCUT2D eigenvalue weighted by Crippen LogP contribution is 2.25. The highest BCUT2D eigenvalue weighted by atomic mass is 35.5. The summed E-state index contributed by atoms with van der Waals surface area (Å²) in [5.74, 6) is 0. The van der Waals surface area contributed by atoms with Crippen LogP contribution in [0.4, 0.5) is 0 Å². The monoisotopic (exact) mass is 382 g/mol. The Labute approximate surface area is 149 Å². The van der Waals surface area contributed by atoms with Gasteiger partial charge in [-0.25, -0.2) is 13.1 Å². The number of nitrogens with one attached hydrogen (secondary N) is 1. The number of nitrogens with zero attached hydrogens (tertiary/aromatic N) is 1. The van der Waals surface area contributed by atoms with Crippen LogP contribution in [-0.4, -0.2) is 13.4 Å². The van der Waals surface area contributed by atoms with Gasteiger partial charge in [0.2, 0.25) is 10.0 Å². The number of aromatic nitrogens is 1. The number of rotatable bonds is 5. The van der Waals surface area contributed by atoms with Crippen LogP contribution in [0.15, 0.2) is 64.4 Å². The third kappa shape index (κ3) is 3.79. The van der Waals surface area contributed by atoms with E-state index in [4.69, 9.17) is 27.6 Å². The van der Waals surface area contributed by atoms with E-state index in [0.29, 0.717) is 10.6 Å². The minimum absolute atomic E-state index is 0.0559. The minimum atomic E-state index is -3.77. The van der Waals surface area contributed by atoms with Gasteiger partial charge in [0.15, 0.2) is 0 Å². The van der Waals surface area contributed by atoms with Crippen molar-refractivity contribution in [3.63, 3.8) is 0 Å². The second-order valence-electron chi connectivity index (χ2n) is 4.96. The highest BCUT2D eigenvalue weighted by Gasteiger charge is 2.18. The summed E-state index contributed by atoms with van der Waals surface area (Å²) in [5.41, 5.74) is 2.31. The largest absolute Gasteiger partial charge is 0.472 e. The zero-order valence-electron chi connectivity index (χ0n) is 12.2. The Morgan fingerprint density at radius 2 is 1.96 bits per heavy atom. The average molecular weight is 383 g/mol. The van der Waals surface area contributed by atoms with Crippen LogP contribution in [0.25, 0.3) is 11.3 Å². The van der Waals surface area contributed by atoms with Crippen molar-refractivity contribution in [2.24, 2.45) is 0 Å². The topological polar surface area (TPSA) is 72.2 Å². The predicted octanol–water partition coefficient (Wildman–Crippen LogP) is 4.13. The van der Waals surface area contributed by atoms with Gasteiger partial charge in [-0.1, -0.05) is 29.3 Å². The van der Waals surface area contributed by atoms with Crippen LogP contribution in [0, 0.1) is 0 Å². The highest BCUT2D eigenvalue weighted by molar-refractivity contribution is 7.89. The van der Waals surface area contributed by atoms with Crippen LogP contribution in [0.2, 0.25) is 10.0 Å². The normalized spacial score (nSPS) is 11.6. The third-order valence-corrected chi connectivity index (χ3v) is 5.41. The zero-order valence-corrected chi connectivity index (χ0v) is 14.6. The van der Waals surface area contributed by atoms with Crippen LogP contribution < -0.4 is 4.72 Å². The summed E-state index contributed by atoms with van der Waals surface area (Å²) in [4.78, 5) is 4.23. The molecule has 0 bridgehead atoms. The second-order valence-corrected chi connectivity index (χ2v) is 7.54. The number of pyridine rings is 1. The molecule has 0 amide bonds. The smallest absolute Gasteiger partial charge is 0.242 e. The molecule has 24 heavy (non-hydrogen) atoms. The quantitative estimate of drug-likeness (QED) is 0.719. The number of hydrogen-bond acceptors (Lipinski definition) is 4. The van der Waals surface area contributed by atoms with E-state index < -0.39 is 10.0 Å². The Balaban J connectivity index is 1.74. The summed E-state index contributed by atoms with van der Waals surface area (Å²) in [5, 5.41) is 0.409. The first-order valence-corrected chi connectivity index (χ1v) is 9.12. The third-order valence-electron chi connectivity index (χ3n) is 3.29. The van der Waals surface area contributed by atoms with E-state index >= 15 is 0 Å². The maximum absolute atomic E-state index is 12.3. The molecule has 3 rings (SSSR count). The first kappa shape index (κ1) is 17.0. The summed E-state index contributed by atoms with van der Waals surface area (Å²) in [6, 6.07) is 9.66. The lowest BCUT2D eigenvalue weighted by atomic mass is 10.2. The van der Waals surface area contributed by atoms with Crippen LogP contribution >= 0.6 is 23.2 Å². The number of benzene rings is 1. The molecule has 124 valence electrons. The summed E-state index contributed by atoms with van der Waals surface area (Å²) in [6.07, 6.45) is 4.75. The Kier molecular flexibility index (Phi) is 4.91. The van der Waals surface area contributed by atoms with Gasteiger partial charge in [-0.3, -0.25) is 4.98 Å². The fraction of sp³-hybridized carbons (Fsp3) is 0.0625. The number of furan rings is 1. The van der Waals surface area contributed by atoms with Crippen molar-refractivity contribution in [1.29, 1.82) is 0 Å². The lowest BCUT2D eigenvalue weighted by Crippen LogP contribution is -2.23. The fourth-order valence-corrected chi connectivity index (χ4v) is 3.83. The van der Waals surface area contributed by atoms with Crippen molar-refractivity contribution in [2.45, 2.75) is 11.4 Å². The summed E-state index contributed by atoms with van der Waals surface area (Å²) < 4.78 is 32.2. The van der Waals surface area contributed by atoms with Crippen molar-refractivity contribution >= 4 is 33.2 Å². The second kappa shape index (κ2) is 6.94. The molecule has 5 nitrogen and oxygen atoms in total. The molecule has 1 N–H and O–H groups in total. The first-order chi connectivity index (χ1) is 11.5. The SMILES string of the molecule is O=S(=O)(NCc1ccc(-c2ccoc2)nc1)c1cc(Cl)ccc1Cl. The van der Waals surface area contributed by atoms with Gasteiger partial charge >= 0.3 is 0 Å². The molecule has 0 unspecified atom stereocenters. The molecular formula is C16H12Cl2N2O3S. The first-order valence-electron chi connectivity index (χ1n) is 6.88. The Morgan fingerprint density at radius 3 is 2.62 bits per heavy atom. The molecule has 0 atom stereocenters. The Hall–Kier alpha value is -1.86. The van der Waals surface area contributed by atoms with Gasteiger partial charge in [-0.15, -0.1) is 0 Å². The Morgan fingerprint density at radius 1 is 1.12 bits per heavy atom. The van der Waals surface area contributed by atoms with E-state index in [-0.39, 0.29) is 16.5 Å². The summed E-state index contributed by atoms with van der Waals surface area (Å²) in [7, 11) is -3.77.